The lowest BCUT2D eigenvalue weighted by atomic mass is 10.3. The number of halogens is 1. The maximum absolute atomic E-state index is 12.9. The highest BCUT2D eigenvalue weighted by atomic mass is 35.5. The fourth-order valence-corrected chi connectivity index (χ4v) is 5.19. The third kappa shape index (κ3) is 3.47. The van der Waals surface area contributed by atoms with Crippen LogP contribution in [0, 0.1) is 13.8 Å². The van der Waals surface area contributed by atoms with E-state index in [1.807, 2.05) is 0 Å². The Morgan fingerprint density at radius 1 is 1.25 bits per heavy atom. The number of aryl methyl sites for hydroxylation is 2. The summed E-state index contributed by atoms with van der Waals surface area (Å²) in [5.41, 5.74) is 1.14. The van der Waals surface area contributed by atoms with E-state index in [0.717, 1.165) is 30.2 Å². The Balaban J connectivity index is 1.72. The van der Waals surface area contributed by atoms with Crippen molar-refractivity contribution in [3.63, 3.8) is 0 Å². The molecule has 1 aliphatic heterocycles. The van der Waals surface area contributed by atoms with E-state index in [-0.39, 0.29) is 4.90 Å². The molecular formula is C13H18ClN5O3S2. The maximum atomic E-state index is 12.9. The van der Waals surface area contributed by atoms with E-state index in [2.05, 4.69) is 19.6 Å². The van der Waals surface area contributed by atoms with Crippen LogP contribution < -0.4 is 0 Å². The van der Waals surface area contributed by atoms with E-state index in [0.29, 0.717) is 42.0 Å². The van der Waals surface area contributed by atoms with Crippen molar-refractivity contribution in [2.75, 3.05) is 26.2 Å². The molecule has 0 saturated carbocycles. The summed E-state index contributed by atoms with van der Waals surface area (Å²) in [6.07, 6.45) is 0.734. The van der Waals surface area contributed by atoms with Crippen molar-refractivity contribution in [2.24, 2.45) is 0 Å². The average Bonchev–Trinajstić information content (AvgIpc) is 2.97. The van der Waals surface area contributed by atoms with E-state index in [9.17, 15) is 8.42 Å². The van der Waals surface area contributed by atoms with Crippen LogP contribution in [-0.2, 0) is 16.6 Å². The van der Waals surface area contributed by atoms with Crippen LogP contribution in [0.25, 0.3) is 0 Å². The summed E-state index contributed by atoms with van der Waals surface area (Å²) in [4.78, 5) is 2.33. The van der Waals surface area contributed by atoms with Crippen LogP contribution in [-0.4, -0.2) is 58.5 Å². The number of nitrogens with zero attached hydrogens (tertiary/aromatic N) is 5. The first-order valence-corrected chi connectivity index (χ1v) is 10.1. The Morgan fingerprint density at radius 3 is 2.67 bits per heavy atom. The Bertz CT molecular complexity index is 800. The van der Waals surface area contributed by atoms with Crippen molar-refractivity contribution in [3.8, 4) is 0 Å². The van der Waals surface area contributed by atoms with Crippen LogP contribution in [0.2, 0.25) is 4.34 Å². The molecule has 0 spiro atoms. The zero-order valence-electron chi connectivity index (χ0n) is 13.4. The first-order valence-electron chi connectivity index (χ1n) is 7.51. The Labute approximate surface area is 149 Å². The summed E-state index contributed by atoms with van der Waals surface area (Å²) in [5.74, 6) is 0.328. The molecule has 11 heteroatoms. The quantitative estimate of drug-likeness (QED) is 0.782. The number of rotatable bonds is 4. The van der Waals surface area contributed by atoms with Crippen LogP contribution in [0.15, 0.2) is 9.42 Å². The van der Waals surface area contributed by atoms with Crippen molar-refractivity contribution in [1.29, 1.82) is 0 Å². The molecule has 2 aromatic rings. The van der Waals surface area contributed by atoms with Gasteiger partial charge in [0, 0.05) is 37.7 Å². The van der Waals surface area contributed by atoms with E-state index >= 15 is 0 Å². The van der Waals surface area contributed by atoms with Crippen molar-refractivity contribution < 1.29 is 12.9 Å². The van der Waals surface area contributed by atoms with Gasteiger partial charge in [0.25, 0.3) is 0 Å². The minimum Gasteiger partial charge on any atom is -0.360 e. The predicted octanol–water partition coefficient (Wildman–Crippen LogP) is 1.69. The van der Waals surface area contributed by atoms with Crippen molar-refractivity contribution in [1.82, 2.24) is 23.9 Å². The van der Waals surface area contributed by atoms with Crippen LogP contribution in [0.1, 0.15) is 23.6 Å². The lowest BCUT2D eigenvalue weighted by Gasteiger charge is -2.21. The summed E-state index contributed by atoms with van der Waals surface area (Å²) in [6, 6.07) is 0. The molecule has 132 valence electrons. The van der Waals surface area contributed by atoms with E-state index in [1.165, 1.54) is 4.31 Å². The highest BCUT2D eigenvalue weighted by molar-refractivity contribution is 7.89. The lowest BCUT2D eigenvalue weighted by Crippen LogP contribution is -2.35. The minimum atomic E-state index is -3.60. The summed E-state index contributed by atoms with van der Waals surface area (Å²) in [6.45, 7) is 6.10. The molecule has 0 amide bonds. The second kappa shape index (κ2) is 7.04. The van der Waals surface area contributed by atoms with Crippen molar-refractivity contribution in [3.05, 3.63) is 21.5 Å². The first kappa shape index (κ1) is 17.7. The maximum Gasteiger partial charge on any atom is 0.248 e. The van der Waals surface area contributed by atoms with Gasteiger partial charge in [-0.15, -0.1) is 5.10 Å². The highest BCUT2D eigenvalue weighted by Gasteiger charge is 2.32. The molecule has 2 aromatic heterocycles. The molecule has 3 rings (SSSR count). The van der Waals surface area contributed by atoms with Crippen LogP contribution in [0.5, 0.6) is 0 Å². The van der Waals surface area contributed by atoms with E-state index in [4.69, 9.17) is 16.1 Å². The summed E-state index contributed by atoms with van der Waals surface area (Å²) < 4.78 is 36.7. The van der Waals surface area contributed by atoms with E-state index in [1.54, 1.807) is 13.8 Å². The van der Waals surface area contributed by atoms with Crippen molar-refractivity contribution in [2.45, 2.75) is 31.7 Å². The van der Waals surface area contributed by atoms with Crippen LogP contribution >= 0.6 is 23.1 Å². The van der Waals surface area contributed by atoms with Crippen molar-refractivity contribution >= 4 is 33.2 Å². The van der Waals surface area contributed by atoms with Gasteiger partial charge < -0.3 is 4.52 Å². The molecule has 8 nitrogen and oxygen atoms in total. The highest BCUT2D eigenvalue weighted by Crippen LogP contribution is 2.25. The van der Waals surface area contributed by atoms with Crippen LogP contribution in [0.4, 0.5) is 0 Å². The number of hydrogen-bond donors (Lipinski definition) is 0. The van der Waals surface area contributed by atoms with Gasteiger partial charge in [0.15, 0.2) is 5.76 Å². The van der Waals surface area contributed by atoms with Gasteiger partial charge in [0.2, 0.25) is 10.0 Å². The smallest absolute Gasteiger partial charge is 0.248 e. The summed E-state index contributed by atoms with van der Waals surface area (Å²) in [5, 5.41) is 7.77. The molecule has 0 N–H and O–H groups in total. The first-order chi connectivity index (χ1) is 11.4. The number of aromatic nitrogens is 3. The fraction of sp³-hybridized carbons (Fsp3) is 0.615. The van der Waals surface area contributed by atoms with Gasteiger partial charge in [-0.3, -0.25) is 4.90 Å². The Hall–Kier alpha value is -1.07. The normalized spacial score (nSPS) is 18.0. The lowest BCUT2D eigenvalue weighted by molar-refractivity contribution is 0.275. The van der Waals surface area contributed by atoms with Gasteiger partial charge in [-0.2, -0.15) is 4.31 Å². The van der Waals surface area contributed by atoms with Gasteiger partial charge >= 0.3 is 0 Å². The Kier molecular flexibility index (Phi) is 5.21. The van der Waals surface area contributed by atoms with Gasteiger partial charge in [0.05, 0.1) is 0 Å². The zero-order chi connectivity index (χ0) is 17.3. The van der Waals surface area contributed by atoms with Crippen LogP contribution in [0.3, 0.4) is 0 Å². The van der Waals surface area contributed by atoms with Gasteiger partial charge in [-0.05, 0) is 26.8 Å². The summed E-state index contributed by atoms with van der Waals surface area (Å²) >= 11 is 7.21. The average molecular weight is 392 g/mol. The molecule has 24 heavy (non-hydrogen) atoms. The zero-order valence-corrected chi connectivity index (χ0v) is 15.8. The molecular weight excluding hydrogens is 374 g/mol. The number of sulfonamides is 1. The predicted molar refractivity (Wildman–Crippen MR) is 89.5 cm³/mol. The topological polar surface area (TPSA) is 92.4 Å². The van der Waals surface area contributed by atoms with Gasteiger partial charge in [-0.1, -0.05) is 21.2 Å². The molecule has 0 unspecified atom stereocenters. The minimum absolute atomic E-state index is 0.183. The standard InChI is InChI=1S/C13H18ClN5O3S2/c1-9-12(10(2)22-16-9)24(20,21)19-5-3-4-18(6-7-19)8-11-13(14)23-17-15-11/h3-8H2,1-2H3. The third-order valence-electron chi connectivity index (χ3n) is 4.00. The molecule has 0 aromatic carbocycles. The molecule has 0 atom stereocenters. The molecule has 0 bridgehead atoms. The fourth-order valence-electron chi connectivity index (χ4n) is 2.82. The largest absolute Gasteiger partial charge is 0.360 e. The molecule has 1 aliphatic rings. The second-order valence-electron chi connectivity index (χ2n) is 5.68. The van der Waals surface area contributed by atoms with E-state index < -0.39 is 10.0 Å². The molecule has 0 radical (unpaired) electrons. The molecule has 3 heterocycles. The molecule has 0 aliphatic carbocycles. The van der Waals surface area contributed by atoms with Gasteiger partial charge in [0.1, 0.15) is 20.6 Å². The second-order valence-corrected chi connectivity index (χ2v) is 8.91. The number of hydrogen-bond acceptors (Lipinski definition) is 8. The Morgan fingerprint density at radius 2 is 2.04 bits per heavy atom. The summed E-state index contributed by atoms with van der Waals surface area (Å²) in [7, 11) is -3.60. The van der Waals surface area contributed by atoms with Gasteiger partial charge in [-0.25, -0.2) is 8.42 Å². The molecule has 1 fully saturated rings. The molecule has 1 saturated heterocycles. The monoisotopic (exact) mass is 391 g/mol. The third-order valence-corrected chi connectivity index (χ3v) is 7.12. The SMILES string of the molecule is Cc1noc(C)c1S(=O)(=O)N1CCCN(Cc2nnsc2Cl)CC1.